The number of hydrogen-bond donors (Lipinski definition) is 1. The number of hydrogen-bond acceptors (Lipinski definition) is 1. The van der Waals surface area contributed by atoms with Crippen LogP contribution >= 0.6 is 0 Å². The van der Waals surface area contributed by atoms with E-state index in [-0.39, 0.29) is 5.91 Å². The Kier molecular flexibility index (Phi) is 3.46. The molecule has 1 N–H and O–H groups in total. The zero-order chi connectivity index (χ0) is 10.6. The zero-order valence-corrected chi connectivity index (χ0v) is 8.63. The van der Waals surface area contributed by atoms with Crippen LogP contribution in [-0.4, -0.2) is 12.5 Å². The monoisotopic (exact) mass is 189 g/mol. The van der Waals surface area contributed by atoms with E-state index in [0.29, 0.717) is 12.1 Å². The van der Waals surface area contributed by atoms with Gasteiger partial charge in [-0.25, -0.2) is 0 Å². The highest BCUT2D eigenvalue weighted by atomic mass is 16.1. The fraction of sp³-hybridized carbons (Fsp3) is 0.250. The van der Waals surface area contributed by atoms with Gasteiger partial charge in [-0.1, -0.05) is 24.8 Å². The molecule has 2 nitrogen and oxygen atoms in total. The van der Waals surface area contributed by atoms with Gasteiger partial charge in [0.1, 0.15) is 0 Å². The van der Waals surface area contributed by atoms with E-state index in [1.807, 2.05) is 32.0 Å². The molecule has 0 heterocycles. The summed E-state index contributed by atoms with van der Waals surface area (Å²) in [4.78, 5) is 11.6. The van der Waals surface area contributed by atoms with E-state index < -0.39 is 0 Å². The van der Waals surface area contributed by atoms with E-state index >= 15 is 0 Å². The van der Waals surface area contributed by atoms with Gasteiger partial charge in [0.15, 0.2) is 0 Å². The van der Waals surface area contributed by atoms with E-state index in [0.717, 1.165) is 11.1 Å². The highest BCUT2D eigenvalue weighted by Crippen LogP contribution is 2.15. The maximum absolute atomic E-state index is 11.6. The van der Waals surface area contributed by atoms with Gasteiger partial charge in [-0.15, -0.1) is 0 Å². The molecular formula is C12H15NO. The van der Waals surface area contributed by atoms with Crippen LogP contribution in [0.2, 0.25) is 0 Å². The summed E-state index contributed by atoms with van der Waals surface area (Å²) >= 11 is 0. The van der Waals surface area contributed by atoms with Crippen molar-refractivity contribution in [3.63, 3.8) is 0 Å². The van der Waals surface area contributed by atoms with Crippen LogP contribution < -0.4 is 5.32 Å². The lowest BCUT2D eigenvalue weighted by Crippen LogP contribution is -2.23. The molecule has 0 atom stereocenters. The number of nitrogens with one attached hydrogen (secondary N) is 1. The molecule has 0 saturated heterocycles. The second kappa shape index (κ2) is 4.61. The average molecular weight is 189 g/mol. The first kappa shape index (κ1) is 10.5. The predicted octanol–water partition coefficient (Wildman–Crippen LogP) is 2.39. The van der Waals surface area contributed by atoms with Gasteiger partial charge >= 0.3 is 0 Å². The number of aryl methyl sites for hydroxylation is 1. The Morgan fingerprint density at radius 3 is 2.86 bits per heavy atom. The van der Waals surface area contributed by atoms with Gasteiger partial charge in [-0.3, -0.25) is 4.79 Å². The van der Waals surface area contributed by atoms with Crippen LogP contribution in [0, 0.1) is 6.92 Å². The van der Waals surface area contributed by atoms with Crippen molar-refractivity contribution in [1.82, 2.24) is 5.32 Å². The standard InChI is InChI=1S/C12H15NO/c1-4-10-9(3)7-6-8-11(10)12(14)13-5-2/h4,6-8H,1,5H2,2-3H3,(H,13,14). The highest BCUT2D eigenvalue weighted by molar-refractivity contribution is 5.98. The first-order chi connectivity index (χ1) is 6.70. The molecular weight excluding hydrogens is 174 g/mol. The van der Waals surface area contributed by atoms with Crippen LogP contribution in [0.1, 0.15) is 28.4 Å². The molecule has 1 aromatic carbocycles. The largest absolute Gasteiger partial charge is 0.352 e. The molecule has 0 aliphatic carbocycles. The molecule has 0 aliphatic rings. The quantitative estimate of drug-likeness (QED) is 0.777. The van der Waals surface area contributed by atoms with E-state index in [4.69, 9.17) is 0 Å². The second-order valence-electron chi connectivity index (χ2n) is 3.10. The van der Waals surface area contributed by atoms with Gasteiger partial charge in [0.25, 0.3) is 5.91 Å². The van der Waals surface area contributed by atoms with E-state index in [2.05, 4.69) is 11.9 Å². The zero-order valence-electron chi connectivity index (χ0n) is 8.63. The summed E-state index contributed by atoms with van der Waals surface area (Å²) in [6, 6.07) is 5.67. The summed E-state index contributed by atoms with van der Waals surface area (Å²) in [7, 11) is 0. The van der Waals surface area contributed by atoms with Crippen molar-refractivity contribution in [3.05, 3.63) is 41.5 Å². The van der Waals surface area contributed by atoms with E-state index in [1.165, 1.54) is 0 Å². The molecule has 1 aromatic rings. The fourth-order valence-electron chi connectivity index (χ4n) is 1.41. The SMILES string of the molecule is C=Cc1c(C)cccc1C(=O)NCC. The maximum Gasteiger partial charge on any atom is 0.251 e. The predicted molar refractivity (Wildman–Crippen MR) is 59.3 cm³/mol. The molecule has 0 fully saturated rings. The summed E-state index contributed by atoms with van der Waals surface area (Å²) in [5.41, 5.74) is 2.68. The molecule has 0 saturated carbocycles. The normalized spacial score (nSPS) is 9.57. The number of carbonyl (C=O) groups excluding carboxylic acids is 1. The lowest BCUT2D eigenvalue weighted by Gasteiger charge is -2.08. The van der Waals surface area contributed by atoms with E-state index in [9.17, 15) is 4.79 Å². The third-order valence-corrected chi connectivity index (χ3v) is 2.11. The molecule has 0 spiro atoms. The van der Waals surface area contributed by atoms with Gasteiger partial charge in [0.05, 0.1) is 0 Å². The molecule has 0 bridgehead atoms. The minimum Gasteiger partial charge on any atom is -0.352 e. The number of rotatable bonds is 3. The first-order valence-corrected chi connectivity index (χ1v) is 4.71. The Labute approximate surface area is 84.6 Å². The number of amides is 1. The van der Waals surface area contributed by atoms with Gasteiger partial charge in [-0.2, -0.15) is 0 Å². The topological polar surface area (TPSA) is 29.1 Å². The molecule has 1 amide bonds. The van der Waals surface area contributed by atoms with Crippen LogP contribution in [0.4, 0.5) is 0 Å². The molecule has 1 rings (SSSR count). The van der Waals surface area contributed by atoms with Gasteiger partial charge in [-0.05, 0) is 31.0 Å². The number of carbonyl (C=O) groups is 1. The van der Waals surface area contributed by atoms with Crippen molar-refractivity contribution < 1.29 is 4.79 Å². The minimum absolute atomic E-state index is 0.0360. The smallest absolute Gasteiger partial charge is 0.251 e. The average Bonchev–Trinajstić information content (AvgIpc) is 2.17. The third kappa shape index (κ3) is 2.02. The van der Waals surface area contributed by atoms with Crippen LogP contribution in [-0.2, 0) is 0 Å². The van der Waals surface area contributed by atoms with Gasteiger partial charge in [0, 0.05) is 12.1 Å². The van der Waals surface area contributed by atoms with E-state index in [1.54, 1.807) is 6.08 Å². The Morgan fingerprint density at radius 2 is 2.29 bits per heavy atom. The lowest BCUT2D eigenvalue weighted by atomic mass is 10.0. The molecule has 2 heteroatoms. The number of benzene rings is 1. The van der Waals surface area contributed by atoms with Crippen molar-refractivity contribution >= 4 is 12.0 Å². The first-order valence-electron chi connectivity index (χ1n) is 4.71. The minimum atomic E-state index is -0.0360. The molecule has 14 heavy (non-hydrogen) atoms. The Morgan fingerprint density at radius 1 is 1.57 bits per heavy atom. The second-order valence-corrected chi connectivity index (χ2v) is 3.10. The van der Waals surface area contributed by atoms with Crippen molar-refractivity contribution in [1.29, 1.82) is 0 Å². The molecule has 0 unspecified atom stereocenters. The van der Waals surface area contributed by atoms with Crippen molar-refractivity contribution in [2.24, 2.45) is 0 Å². The fourth-order valence-corrected chi connectivity index (χ4v) is 1.41. The highest BCUT2D eigenvalue weighted by Gasteiger charge is 2.09. The van der Waals surface area contributed by atoms with Crippen LogP contribution in [0.5, 0.6) is 0 Å². The Balaban J connectivity index is 3.13. The Hall–Kier alpha value is -1.57. The summed E-state index contributed by atoms with van der Waals surface area (Å²) < 4.78 is 0. The van der Waals surface area contributed by atoms with Crippen LogP contribution in [0.25, 0.3) is 6.08 Å². The van der Waals surface area contributed by atoms with Crippen molar-refractivity contribution in [2.75, 3.05) is 6.54 Å². The third-order valence-electron chi connectivity index (χ3n) is 2.11. The van der Waals surface area contributed by atoms with Crippen LogP contribution in [0.15, 0.2) is 24.8 Å². The maximum atomic E-state index is 11.6. The van der Waals surface area contributed by atoms with Crippen molar-refractivity contribution in [3.8, 4) is 0 Å². The summed E-state index contributed by atoms with van der Waals surface area (Å²) in [6.45, 7) is 8.23. The van der Waals surface area contributed by atoms with Gasteiger partial charge in [0.2, 0.25) is 0 Å². The summed E-state index contributed by atoms with van der Waals surface area (Å²) in [5, 5.41) is 2.78. The Bertz CT molecular complexity index is 355. The molecule has 0 aromatic heterocycles. The lowest BCUT2D eigenvalue weighted by molar-refractivity contribution is 0.0955. The summed E-state index contributed by atoms with van der Waals surface area (Å²) in [6.07, 6.45) is 1.72. The molecule has 74 valence electrons. The molecule has 0 radical (unpaired) electrons. The molecule has 0 aliphatic heterocycles. The van der Waals surface area contributed by atoms with Gasteiger partial charge < -0.3 is 5.32 Å². The summed E-state index contributed by atoms with van der Waals surface area (Å²) in [5.74, 6) is -0.0360. The van der Waals surface area contributed by atoms with Crippen molar-refractivity contribution in [2.45, 2.75) is 13.8 Å². The van der Waals surface area contributed by atoms with Crippen LogP contribution in [0.3, 0.4) is 0 Å².